The number of rotatable bonds is 4. The predicted molar refractivity (Wildman–Crippen MR) is 138 cm³/mol. The Hall–Kier alpha value is -3.56. The van der Waals surface area contributed by atoms with Crippen molar-refractivity contribution in [3.63, 3.8) is 0 Å². The second kappa shape index (κ2) is 9.48. The third-order valence-corrected chi connectivity index (χ3v) is 7.11. The first kappa shape index (κ1) is 24.1. The summed E-state index contributed by atoms with van der Waals surface area (Å²) in [6.07, 6.45) is 3.00. The maximum atomic E-state index is 13.3. The molecular formula is C26H27ClN6O3. The first-order valence-electron chi connectivity index (χ1n) is 11.9. The zero-order valence-electron chi connectivity index (χ0n) is 20.1. The van der Waals surface area contributed by atoms with Gasteiger partial charge in [-0.3, -0.25) is 19.5 Å². The molecule has 1 fully saturated rings. The SMILES string of the molecule is C[C@@H]1C[C@H](N2C(=O)C[C@@](C)(c3cccc(NC(=O)c4cnc5ccccc5n4)c3Cl)N=C2N)CCO1. The van der Waals surface area contributed by atoms with Crippen LogP contribution in [0.4, 0.5) is 5.69 Å². The number of aliphatic imine (C=N–C) groups is 1. The molecule has 0 unspecified atom stereocenters. The molecule has 2 aliphatic rings. The van der Waals surface area contributed by atoms with Gasteiger partial charge in [0.25, 0.3) is 5.91 Å². The number of ether oxygens (including phenoxy) is 1. The standard InChI is InChI=1S/C26H27ClN6O3/c1-15-12-16(10-11-36-15)33-22(34)13-26(2,32-25(33)28)17-6-5-9-20(23(17)27)31-24(35)21-14-29-18-7-3-4-8-19(18)30-21/h3-9,14-16H,10-13H2,1-2H3,(H2,28,32)(H,31,35)/t15-,16-,26+/m1/s1. The number of nitrogens with one attached hydrogen (secondary N) is 1. The van der Waals surface area contributed by atoms with E-state index in [0.717, 1.165) is 0 Å². The number of halogens is 1. The van der Waals surface area contributed by atoms with Crippen LogP contribution in [0.1, 0.15) is 49.2 Å². The Morgan fingerprint density at radius 3 is 2.75 bits per heavy atom. The molecule has 0 saturated carbocycles. The van der Waals surface area contributed by atoms with Gasteiger partial charge in [0.2, 0.25) is 5.91 Å². The first-order chi connectivity index (χ1) is 17.2. The summed E-state index contributed by atoms with van der Waals surface area (Å²) in [4.78, 5) is 41.2. The average Bonchev–Trinajstić information content (AvgIpc) is 2.84. The molecule has 2 aromatic carbocycles. The van der Waals surface area contributed by atoms with Gasteiger partial charge >= 0.3 is 0 Å². The summed E-state index contributed by atoms with van der Waals surface area (Å²) >= 11 is 6.76. The summed E-state index contributed by atoms with van der Waals surface area (Å²) in [5.74, 6) is -0.383. The van der Waals surface area contributed by atoms with Gasteiger partial charge in [-0.2, -0.15) is 0 Å². The fourth-order valence-electron chi connectivity index (χ4n) is 4.91. The molecule has 186 valence electrons. The minimum atomic E-state index is -0.977. The van der Waals surface area contributed by atoms with E-state index in [4.69, 9.17) is 27.1 Å². The number of anilines is 1. The van der Waals surface area contributed by atoms with Crippen LogP contribution in [0.15, 0.2) is 53.7 Å². The van der Waals surface area contributed by atoms with Crippen molar-refractivity contribution in [1.82, 2.24) is 14.9 Å². The van der Waals surface area contributed by atoms with Gasteiger partial charge in [0.1, 0.15) is 5.69 Å². The lowest BCUT2D eigenvalue weighted by atomic mass is 9.86. The summed E-state index contributed by atoms with van der Waals surface area (Å²) in [7, 11) is 0. The van der Waals surface area contributed by atoms with Crippen molar-refractivity contribution < 1.29 is 14.3 Å². The lowest BCUT2D eigenvalue weighted by Gasteiger charge is -2.41. The highest BCUT2D eigenvalue weighted by atomic mass is 35.5. The minimum Gasteiger partial charge on any atom is -0.378 e. The number of carbonyl (C=O) groups excluding carboxylic acids is 2. The van der Waals surface area contributed by atoms with Crippen molar-refractivity contribution in [3.05, 3.63) is 64.9 Å². The van der Waals surface area contributed by atoms with Crippen LogP contribution in [-0.4, -0.2) is 51.4 Å². The van der Waals surface area contributed by atoms with Crippen LogP contribution in [0.2, 0.25) is 5.02 Å². The number of amides is 2. The monoisotopic (exact) mass is 506 g/mol. The summed E-state index contributed by atoms with van der Waals surface area (Å²) in [6, 6.07) is 12.5. The van der Waals surface area contributed by atoms with E-state index < -0.39 is 11.4 Å². The van der Waals surface area contributed by atoms with Crippen LogP contribution in [0.25, 0.3) is 11.0 Å². The van der Waals surface area contributed by atoms with Gasteiger partial charge in [0, 0.05) is 18.2 Å². The number of guanidine groups is 1. The molecule has 3 heterocycles. The molecule has 1 aromatic heterocycles. The molecule has 0 aliphatic carbocycles. The Kier molecular flexibility index (Phi) is 6.36. The summed E-state index contributed by atoms with van der Waals surface area (Å²) in [5.41, 5.74) is 7.82. The summed E-state index contributed by atoms with van der Waals surface area (Å²) in [6.45, 7) is 4.39. The average molecular weight is 507 g/mol. The van der Waals surface area contributed by atoms with Crippen LogP contribution in [0.5, 0.6) is 0 Å². The minimum absolute atomic E-state index is 0.0429. The number of para-hydroxylation sites is 2. The lowest BCUT2D eigenvalue weighted by molar-refractivity contribution is -0.133. The number of nitrogens with two attached hydrogens (primary N) is 1. The smallest absolute Gasteiger partial charge is 0.275 e. The van der Waals surface area contributed by atoms with Crippen molar-refractivity contribution in [1.29, 1.82) is 0 Å². The number of hydrogen-bond donors (Lipinski definition) is 2. The lowest BCUT2D eigenvalue weighted by Crippen LogP contribution is -2.56. The largest absolute Gasteiger partial charge is 0.378 e. The molecule has 2 aliphatic heterocycles. The molecule has 0 bridgehead atoms. The quantitative estimate of drug-likeness (QED) is 0.553. The Morgan fingerprint density at radius 2 is 2.00 bits per heavy atom. The van der Waals surface area contributed by atoms with Gasteiger partial charge < -0.3 is 15.8 Å². The molecule has 10 heteroatoms. The molecule has 36 heavy (non-hydrogen) atoms. The maximum absolute atomic E-state index is 13.3. The van der Waals surface area contributed by atoms with E-state index in [0.29, 0.717) is 46.8 Å². The highest BCUT2D eigenvalue weighted by Crippen LogP contribution is 2.41. The molecule has 5 rings (SSSR count). The molecule has 2 amide bonds. The Balaban J connectivity index is 1.41. The van der Waals surface area contributed by atoms with Gasteiger partial charge in [-0.25, -0.2) is 9.98 Å². The van der Waals surface area contributed by atoms with Gasteiger partial charge in [-0.05, 0) is 44.9 Å². The fourth-order valence-corrected chi connectivity index (χ4v) is 5.28. The van der Waals surface area contributed by atoms with E-state index in [2.05, 4.69) is 15.3 Å². The molecule has 0 radical (unpaired) electrons. The highest BCUT2D eigenvalue weighted by Gasteiger charge is 2.42. The molecule has 0 spiro atoms. The zero-order valence-corrected chi connectivity index (χ0v) is 20.8. The van der Waals surface area contributed by atoms with E-state index in [1.54, 1.807) is 29.2 Å². The topological polar surface area (TPSA) is 123 Å². The first-order valence-corrected chi connectivity index (χ1v) is 12.2. The van der Waals surface area contributed by atoms with Gasteiger partial charge in [0.15, 0.2) is 5.96 Å². The summed E-state index contributed by atoms with van der Waals surface area (Å²) < 4.78 is 5.61. The van der Waals surface area contributed by atoms with Crippen LogP contribution in [-0.2, 0) is 15.1 Å². The van der Waals surface area contributed by atoms with Gasteiger partial charge in [-0.1, -0.05) is 35.9 Å². The number of hydrogen-bond acceptors (Lipinski definition) is 7. The second-order valence-electron chi connectivity index (χ2n) is 9.41. The number of benzene rings is 2. The van der Waals surface area contributed by atoms with Gasteiger partial charge in [0.05, 0.1) is 46.0 Å². The van der Waals surface area contributed by atoms with Crippen molar-refractivity contribution in [2.24, 2.45) is 10.7 Å². The van der Waals surface area contributed by atoms with Crippen molar-refractivity contribution >= 4 is 46.1 Å². The summed E-state index contributed by atoms with van der Waals surface area (Å²) in [5, 5.41) is 3.10. The molecule has 3 aromatic rings. The van der Waals surface area contributed by atoms with Crippen LogP contribution < -0.4 is 11.1 Å². The zero-order chi connectivity index (χ0) is 25.4. The third-order valence-electron chi connectivity index (χ3n) is 6.70. The van der Waals surface area contributed by atoms with Crippen LogP contribution in [0, 0.1) is 0 Å². The molecule has 3 atom stereocenters. The van der Waals surface area contributed by atoms with Crippen LogP contribution in [0.3, 0.4) is 0 Å². The van der Waals surface area contributed by atoms with E-state index in [1.165, 1.54) is 6.20 Å². The Morgan fingerprint density at radius 1 is 1.22 bits per heavy atom. The van der Waals surface area contributed by atoms with E-state index in [-0.39, 0.29) is 36.1 Å². The van der Waals surface area contributed by atoms with Crippen molar-refractivity contribution in [2.45, 2.75) is 50.8 Å². The maximum Gasteiger partial charge on any atom is 0.275 e. The van der Waals surface area contributed by atoms with Gasteiger partial charge in [-0.15, -0.1) is 0 Å². The Bertz CT molecular complexity index is 1380. The normalized spacial score (nSPS) is 24.5. The highest BCUT2D eigenvalue weighted by molar-refractivity contribution is 6.35. The fraction of sp³-hybridized carbons (Fsp3) is 0.346. The predicted octanol–water partition coefficient (Wildman–Crippen LogP) is 3.87. The van der Waals surface area contributed by atoms with Crippen molar-refractivity contribution in [3.8, 4) is 0 Å². The van der Waals surface area contributed by atoms with Crippen molar-refractivity contribution in [2.75, 3.05) is 11.9 Å². The number of carbonyl (C=O) groups is 2. The van der Waals surface area contributed by atoms with E-state index >= 15 is 0 Å². The van der Waals surface area contributed by atoms with E-state index in [9.17, 15) is 9.59 Å². The van der Waals surface area contributed by atoms with E-state index in [1.807, 2.05) is 32.0 Å². The Labute approximate surface area is 213 Å². The molecule has 1 saturated heterocycles. The second-order valence-corrected chi connectivity index (χ2v) is 9.79. The van der Waals surface area contributed by atoms with Crippen LogP contribution >= 0.6 is 11.6 Å². The molecule has 9 nitrogen and oxygen atoms in total. The number of aromatic nitrogens is 2. The third kappa shape index (κ3) is 4.52. The molecule has 3 N–H and O–H groups in total. The molecular weight excluding hydrogens is 480 g/mol. The number of nitrogens with zero attached hydrogens (tertiary/aromatic N) is 4. The number of fused-ring (bicyclic) bond motifs is 1.